The zero-order valence-corrected chi connectivity index (χ0v) is 14.6. The molecule has 8 nitrogen and oxygen atoms in total. The van der Waals surface area contributed by atoms with Gasteiger partial charge in [-0.25, -0.2) is 4.98 Å². The van der Waals surface area contributed by atoms with Crippen LogP contribution in [0.5, 0.6) is 0 Å². The maximum atomic E-state index is 4.73. The Morgan fingerprint density at radius 3 is 2.69 bits per heavy atom. The molecule has 4 heterocycles. The van der Waals surface area contributed by atoms with E-state index in [1.165, 1.54) is 0 Å². The molecule has 5 rings (SSSR count). The predicted molar refractivity (Wildman–Crippen MR) is 99.5 cm³/mol. The maximum Gasteiger partial charge on any atom is 0.178 e. The first-order chi connectivity index (χ1) is 12.7. The van der Waals surface area contributed by atoms with Crippen LogP contribution in [-0.2, 0) is 0 Å². The molecule has 0 saturated carbocycles. The lowest BCUT2D eigenvalue weighted by molar-refractivity contribution is 0.487. The summed E-state index contributed by atoms with van der Waals surface area (Å²) in [5.74, 6) is 2.63. The van der Waals surface area contributed by atoms with Crippen molar-refractivity contribution in [3.63, 3.8) is 0 Å². The lowest BCUT2D eigenvalue weighted by Gasteiger charge is -2.44. The number of nitrogens with zero attached hydrogens (tertiary/aromatic N) is 8. The average molecular weight is 346 g/mol. The highest BCUT2D eigenvalue weighted by Crippen LogP contribution is 2.25. The van der Waals surface area contributed by atoms with Gasteiger partial charge >= 0.3 is 0 Å². The number of fused-ring (bicyclic) bond motifs is 2. The summed E-state index contributed by atoms with van der Waals surface area (Å²) in [5.41, 5.74) is 2.61. The normalized spacial score (nSPS) is 14.8. The van der Waals surface area contributed by atoms with E-state index in [1.807, 2.05) is 49.5 Å². The van der Waals surface area contributed by atoms with Crippen molar-refractivity contribution in [2.45, 2.75) is 13.0 Å². The van der Waals surface area contributed by atoms with Crippen LogP contribution in [0.15, 0.2) is 42.6 Å². The second-order valence-corrected chi connectivity index (χ2v) is 6.60. The summed E-state index contributed by atoms with van der Waals surface area (Å²) < 4.78 is 1.78. The molecule has 26 heavy (non-hydrogen) atoms. The fourth-order valence-electron chi connectivity index (χ4n) is 3.25. The monoisotopic (exact) mass is 346 g/mol. The number of hydrogen-bond donors (Lipinski definition) is 0. The van der Waals surface area contributed by atoms with Gasteiger partial charge in [0.2, 0.25) is 0 Å². The van der Waals surface area contributed by atoms with E-state index in [9.17, 15) is 0 Å². The molecule has 130 valence electrons. The van der Waals surface area contributed by atoms with Gasteiger partial charge in [-0.05, 0) is 31.2 Å². The lowest BCUT2D eigenvalue weighted by Crippen LogP contribution is -2.59. The number of benzene rings is 1. The Morgan fingerprint density at radius 2 is 1.85 bits per heavy atom. The van der Waals surface area contributed by atoms with Crippen LogP contribution in [0.25, 0.3) is 16.7 Å². The highest BCUT2D eigenvalue weighted by atomic mass is 15.4. The third-order valence-electron chi connectivity index (χ3n) is 4.94. The van der Waals surface area contributed by atoms with Crippen LogP contribution in [0, 0.1) is 6.92 Å². The second kappa shape index (κ2) is 5.62. The molecule has 0 aliphatic carbocycles. The molecule has 4 aromatic rings. The van der Waals surface area contributed by atoms with Crippen LogP contribution in [-0.4, -0.2) is 56.0 Å². The molecule has 0 N–H and O–H groups in total. The molecule has 0 atom stereocenters. The van der Waals surface area contributed by atoms with Crippen molar-refractivity contribution in [3.8, 4) is 0 Å². The standard InChI is InChI=1S/C18H18N8/c1-12-21-22-16-7-8-17(23-26(12)16)25-10-13(11-25)24(2)18-9-19-14-5-3-4-6-15(14)20-18/h3-9,13H,10-11H2,1-2H3. The van der Waals surface area contributed by atoms with Gasteiger partial charge in [0.05, 0.1) is 23.3 Å². The summed E-state index contributed by atoms with van der Waals surface area (Å²) in [6.07, 6.45) is 1.84. The third kappa shape index (κ3) is 2.33. The van der Waals surface area contributed by atoms with Crippen LogP contribution in [0.4, 0.5) is 11.6 Å². The van der Waals surface area contributed by atoms with E-state index in [2.05, 4.69) is 37.1 Å². The van der Waals surface area contributed by atoms with Gasteiger partial charge in [0, 0.05) is 20.1 Å². The molecule has 0 spiro atoms. The topological polar surface area (TPSA) is 75.3 Å². The molecule has 1 aromatic carbocycles. The largest absolute Gasteiger partial charge is 0.352 e. The molecule has 8 heteroatoms. The maximum absolute atomic E-state index is 4.73. The summed E-state index contributed by atoms with van der Waals surface area (Å²) in [4.78, 5) is 13.7. The molecule has 0 unspecified atom stereocenters. The number of hydrogen-bond acceptors (Lipinski definition) is 7. The summed E-state index contributed by atoms with van der Waals surface area (Å²) >= 11 is 0. The van der Waals surface area contributed by atoms with Crippen molar-refractivity contribution >= 4 is 28.3 Å². The predicted octanol–water partition coefficient (Wildman–Crippen LogP) is 1.70. The van der Waals surface area contributed by atoms with Crippen molar-refractivity contribution in [2.75, 3.05) is 29.9 Å². The van der Waals surface area contributed by atoms with Gasteiger partial charge in [-0.3, -0.25) is 4.98 Å². The third-order valence-corrected chi connectivity index (χ3v) is 4.94. The molecule has 1 saturated heterocycles. The van der Waals surface area contributed by atoms with Crippen molar-refractivity contribution in [2.24, 2.45) is 0 Å². The minimum Gasteiger partial charge on any atom is -0.352 e. The number of rotatable bonds is 3. The van der Waals surface area contributed by atoms with Gasteiger partial charge in [-0.2, -0.15) is 4.52 Å². The van der Waals surface area contributed by atoms with Crippen molar-refractivity contribution < 1.29 is 0 Å². The van der Waals surface area contributed by atoms with Crippen LogP contribution >= 0.6 is 0 Å². The molecule has 1 aliphatic rings. The van der Waals surface area contributed by atoms with E-state index in [1.54, 1.807) is 4.52 Å². The first-order valence-corrected chi connectivity index (χ1v) is 8.58. The molecule has 1 fully saturated rings. The van der Waals surface area contributed by atoms with E-state index >= 15 is 0 Å². The SMILES string of the molecule is Cc1nnc2ccc(N3CC(N(C)c4cnc5ccccc5n4)C3)nn12. The van der Waals surface area contributed by atoms with Gasteiger partial charge in [0.25, 0.3) is 0 Å². The number of aromatic nitrogens is 6. The zero-order chi connectivity index (χ0) is 17.7. The number of aryl methyl sites for hydroxylation is 1. The summed E-state index contributed by atoms with van der Waals surface area (Å²) in [6, 6.07) is 12.3. The highest BCUT2D eigenvalue weighted by Gasteiger charge is 2.32. The fourth-order valence-corrected chi connectivity index (χ4v) is 3.25. The van der Waals surface area contributed by atoms with Crippen LogP contribution in [0.3, 0.4) is 0 Å². The molecular weight excluding hydrogens is 328 g/mol. The van der Waals surface area contributed by atoms with E-state index in [0.29, 0.717) is 6.04 Å². The highest BCUT2D eigenvalue weighted by molar-refractivity contribution is 5.75. The molecular formula is C18H18N8. The number of para-hydroxylation sites is 2. The Bertz CT molecular complexity index is 1100. The summed E-state index contributed by atoms with van der Waals surface area (Å²) in [5, 5.41) is 12.8. The Labute approximate surface area is 150 Å². The van der Waals surface area contributed by atoms with Gasteiger partial charge in [-0.1, -0.05) is 12.1 Å². The molecule has 0 amide bonds. The van der Waals surface area contributed by atoms with E-state index in [-0.39, 0.29) is 0 Å². The Morgan fingerprint density at radius 1 is 1.04 bits per heavy atom. The van der Waals surface area contributed by atoms with Crippen molar-refractivity contribution in [3.05, 3.63) is 48.4 Å². The van der Waals surface area contributed by atoms with Gasteiger partial charge < -0.3 is 9.80 Å². The van der Waals surface area contributed by atoms with Gasteiger partial charge in [-0.15, -0.1) is 15.3 Å². The lowest BCUT2D eigenvalue weighted by atomic mass is 10.1. The van der Waals surface area contributed by atoms with Gasteiger partial charge in [0.1, 0.15) is 11.6 Å². The van der Waals surface area contributed by atoms with E-state index in [0.717, 1.165) is 47.2 Å². The summed E-state index contributed by atoms with van der Waals surface area (Å²) in [6.45, 7) is 3.69. The van der Waals surface area contributed by atoms with Gasteiger partial charge in [0.15, 0.2) is 11.5 Å². The quantitative estimate of drug-likeness (QED) is 0.559. The number of anilines is 2. The Kier molecular flexibility index (Phi) is 3.24. The molecule has 0 bridgehead atoms. The first-order valence-electron chi connectivity index (χ1n) is 8.58. The zero-order valence-electron chi connectivity index (χ0n) is 14.6. The van der Waals surface area contributed by atoms with Crippen LogP contribution in [0.2, 0.25) is 0 Å². The first kappa shape index (κ1) is 15.0. The minimum absolute atomic E-state index is 0.380. The molecule has 0 radical (unpaired) electrons. The van der Waals surface area contributed by atoms with Crippen molar-refractivity contribution in [1.29, 1.82) is 0 Å². The molecule has 1 aliphatic heterocycles. The summed E-state index contributed by atoms with van der Waals surface area (Å²) in [7, 11) is 2.07. The van der Waals surface area contributed by atoms with E-state index < -0.39 is 0 Å². The fraction of sp³-hybridized carbons (Fsp3) is 0.278. The Hall–Kier alpha value is -3.29. The minimum atomic E-state index is 0.380. The van der Waals surface area contributed by atoms with Crippen LogP contribution < -0.4 is 9.80 Å². The van der Waals surface area contributed by atoms with Crippen LogP contribution in [0.1, 0.15) is 5.82 Å². The molecule has 3 aromatic heterocycles. The smallest absolute Gasteiger partial charge is 0.178 e. The van der Waals surface area contributed by atoms with Crippen molar-refractivity contribution in [1.82, 2.24) is 29.8 Å². The number of likely N-dealkylation sites (N-methyl/N-ethyl adjacent to an activating group) is 1. The average Bonchev–Trinajstić information content (AvgIpc) is 3.01. The Balaban J connectivity index is 1.33. The second-order valence-electron chi connectivity index (χ2n) is 6.60. The van der Waals surface area contributed by atoms with E-state index in [4.69, 9.17) is 4.98 Å².